The van der Waals surface area contributed by atoms with Crippen LogP contribution in [0.25, 0.3) is 25.7 Å². The Morgan fingerprint density at radius 2 is 1.21 bits per heavy atom. The van der Waals surface area contributed by atoms with Crippen molar-refractivity contribution in [1.29, 1.82) is 10.5 Å². The molecule has 2 heterocycles. The minimum Gasteiger partial charge on any atom is -0.468 e. The Morgan fingerprint density at radius 1 is 0.721 bits per heavy atom. The standard InChI is InChI=1S/C17H11NO2S.C13H8OS.C4H5NO2/c1-20-17(19)13(10-18)16-11-6-2-4-8-14(11)21-15-9-5-3-7-12(15)16;14-13-9-5-1-3-7-11(9)15-12-8-4-2-6-10(12)13;1-7-4(6)2-3-5/h2-9H,1H3;1-8H;2H2,1H3. The van der Waals surface area contributed by atoms with Crippen LogP contribution in [0, 0.1) is 22.7 Å². The van der Waals surface area contributed by atoms with Gasteiger partial charge in [0.25, 0.3) is 0 Å². The molecule has 0 saturated heterocycles. The smallest absolute Gasteiger partial charge is 0.349 e. The highest BCUT2D eigenvalue weighted by molar-refractivity contribution is 7.99. The Bertz CT molecular complexity index is 1900. The van der Waals surface area contributed by atoms with Gasteiger partial charge in [0, 0.05) is 35.5 Å². The fourth-order valence-corrected chi connectivity index (χ4v) is 6.41. The third-order valence-electron chi connectivity index (χ3n) is 6.22. The number of hydrogen-bond acceptors (Lipinski definition) is 9. The largest absolute Gasteiger partial charge is 0.468 e. The van der Waals surface area contributed by atoms with Crippen LogP contribution in [0.15, 0.2) is 117 Å². The van der Waals surface area contributed by atoms with E-state index >= 15 is 0 Å². The highest BCUT2D eigenvalue weighted by Crippen LogP contribution is 2.46. The molecule has 0 bridgehead atoms. The molecule has 5 aromatic rings. The summed E-state index contributed by atoms with van der Waals surface area (Å²) in [5, 5.41) is 18.9. The van der Waals surface area contributed by atoms with Crippen LogP contribution in [0.2, 0.25) is 0 Å². The van der Waals surface area contributed by atoms with Gasteiger partial charge in [-0.15, -0.1) is 11.3 Å². The Labute approximate surface area is 256 Å². The molecule has 0 saturated carbocycles. The van der Waals surface area contributed by atoms with E-state index in [9.17, 15) is 19.6 Å². The van der Waals surface area contributed by atoms with Crippen LogP contribution < -0.4 is 5.43 Å². The lowest BCUT2D eigenvalue weighted by atomic mass is 9.92. The predicted molar refractivity (Wildman–Crippen MR) is 169 cm³/mol. The number of nitriles is 2. The molecule has 0 amide bonds. The van der Waals surface area contributed by atoms with Gasteiger partial charge < -0.3 is 9.47 Å². The molecule has 4 aromatic carbocycles. The van der Waals surface area contributed by atoms with Crippen molar-refractivity contribution in [3.63, 3.8) is 0 Å². The molecule has 43 heavy (non-hydrogen) atoms. The van der Waals surface area contributed by atoms with Crippen LogP contribution in [-0.2, 0) is 19.1 Å². The number of fused-ring (bicyclic) bond motifs is 4. The highest BCUT2D eigenvalue weighted by atomic mass is 32.2. The third kappa shape index (κ3) is 6.99. The summed E-state index contributed by atoms with van der Waals surface area (Å²) in [5.41, 5.74) is 2.61. The lowest BCUT2D eigenvalue weighted by molar-refractivity contribution is -0.139. The van der Waals surface area contributed by atoms with Crippen LogP contribution >= 0.6 is 23.1 Å². The van der Waals surface area contributed by atoms with Gasteiger partial charge in [0.05, 0.1) is 20.3 Å². The van der Waals surface area contributed by atoms with Gasteiger partial charge in [0.15, 0.2) is 5.43 Å². The minimum absolute atomic E-state index is 0.0395. The van der Waals surface area contributed by atoms with Crippen molar-refractivity contribution in [1.82, 2.24) is 0 Å². The summed E-state index contributed by atoms with van der Waals surface area (Å²) in [4.78, 5) is 36.1. The highest BCUT2D eigenvalue weighted by Gasteiger charge is 2.26. The van der Waals surface area contributed by atoms with Crippen LogP contribution in [0.4, 0.5) is 0 Å². The van der Waals surface area contributed by atoms with Crippen molar-refractivity contribution in [3.8, 4) is 12.1 Å². The fourth-order valence-electron chi connectivity index (χ4n) is 4.25. The van der Waals surface area contributed by atoms with Crippen molar-refractivity contribution in [2.45, 2.75) is 16.2 Å². The van der Waals surface area contributed by atoms with Gasteiger partial charge in [0.2, 0.25) is 0 Å². The van der Waals surface area contributed by atoms with E-state index in [0.29, 0.717) is 5.57 Å². The average Bonchev–Trinajstić information content (AvgIpc) is 3.05. The second kappa shape index (κ2) is 14.6. The normalized spacial score (nSPS) is 10.7. The summed E-state index contributed by atoms with van der Waals surface area (Å²) in [5.74, 6) is -1.09. The maximum absolute atomic E-state index is 12.1. The number of ether oxygens (including phenoxy) is 2. The Balaban J connectivity index is 0.000000167. The summed E-state index contributed by atoms with van der Waals surface area (Å²) < 4.78 is 11.0. The number of carbonyl (C=O) groups excluding carboxylic acids is 2. The second-order valence-corrected chi connectivity index (χ2v) is 10.9. The van der Waals surface area contributed by atoms with Crippen molar-refractivity contribution < 1.29 is 19.1 Å². The molecule has 0 spiro atoms. The average molecular weight is 605 g/mol. The van der Waals surface area contributed by atoms with E-state index in [4.69, 9.17) is 10.00 Å². The summed E-state index contributed by atoms with van der Waals surface area (Å²) >= 11 is 3.30. The maximum Gasteiger partial charge on any atom is 0.349 e. The molecular formula is C34H24N2O5S2. The molecule has 0 unspecified atom stereocenters. The molecule has 1 aromatic heterocycles. The zero-order valence-electron chi connectivity index (χ0n) is 23.2. The van der Waals surface area contributed by atoms with Crippen molar-refractivity contribution >= 4 is 60.8 Å². The Hall–Kier alpha value is -5.22. The third-order valence-corrected chi connectivity index (χ3v) is 8.52. The number of methoxy groups -OCH3 is 2. The first-order chi connectivity index (χ1) is 20.9. The van der Waals surface area contributed by atoms with Gasteiger partial charge in [-0.25, -0.2) is 4.79 Å². The second-order valence-electron chi connectivity index (χ2n) is 8.78. The van der Waals surface area contributed by atoms with Gasteiger partial charge in [-0.3, -0.25) is 9.59 Å². The van der Waals surface area contributed by atoms with Crippen LogP contribution in [-0.4, -0.2) is 26.2 Å². The summed E-state index contributed by atoms with van der Waals surface area (Å²) in [6.45, 7) is 0. The number of nitrogens with zero attached hydrogens (tertiary/aromatic N) is 2. The zero-order valence-corrected chi connectivity index (χ0v) is 24.8. The van der Waals surface area contributed by atoms with Crippen LogP contribution in [0.1, 0.15) is 17.5 Å². The molecule has 0 fully saturated rings. The van der Waals surface area contributed by atoms with Gasteiger partial charge in [-0.2, -0.15) is 10.5 Å². The number of benzene rings is 4. The van der Waals surface area contributed by atoms with Gasteiger partial charge in [0.1, 0.15) is 18.1 Å². The maximum atomic E-state index is 12.1. The lowest BCUT2D eigenvalue weighted by Gasteiger charge is -2.22. The van der Waals surface area contributed by atoms with E-state index in [1.54, 1.807) is 29.2 Å². The molecule has 7 nitrogen and oxygen atoms in total. The molecule has 212 valence electrons. The molecule has 0 N–H and O–H groups in total. The molecule has 0 atom stereocenters. The van der Waals surface area contributed by atoms with Gasteiger partial charge in [-0.05, 0) is 47.5 Å². The number of esters is 2. The molecule has 6 rings (SSSR count). The van der Waals surface area contributed by atoms with E-state index < -0.39 is 11.9 Å². The molecule has 0 aliphatic carbocycles. The van der Waals surface area contributed by atoms with Crippen LogP contribution in [0.3, 0.4) is 0 Å². The number of carbonyl (C=O) groups is 2. The van der Waals surface area contributed by atoms with E-state index in [0.717, 1.165) is 41.1 Å². The van der Waals surface area contributed by atoms with E-state index in [1.807, 2.05) is 103 Å². The molecule has 1 aliphatic rings. The van der Waals surface area contributed by atoms with E-state index in [-0.39, 0.29) is 17.4 Å². The quantitative estimate of drug-likeness (QED) is 0.0886. The van der Waals surface area contributed by atoms with E-state index in [1.165, 1.54) is 14.2 Å². The Morgan fingerprint density at radius 3 is 1.65 bits per heavy atom. The first-order valence-electron chi connectivity index (χ1n) is 12.9. The zero-order chi connectivity index (χ0) is 30.8. The number of rotatable bonds is 2. The summed E-state index contributed by atoms with van der Waals surface area (Å²) in [6, 6.07) is 34.7. The van der Waals surface area contributed by atoms with Gasteiger partial charge in [-0.1, -0.05) is 72.4 Å². The fraction of sp³-hybridized carbons (Fsp3) is 0.0882. The number of hydrogen-bond donors (Lipinski definition) is 0. The molecule has 1 aliphatic heterocycles. The molecule has 9 heteroatoms. The first kappa shape index (κ1) is 30.7. The van der Waals surface area contributed by atoms with Crippen LogP contribution in [0.5, 0.6) is 0 Å². The molecular weight excluding hydrogens is 581 g/mol. The monoisotopic (exact) mass is 604 g/mol. The SMILES string of the molecule is COC(=O)C(C#N)=C1c2ccccc2Sc2ccccc21.COC(=O)CC#N.O=c1c2ccccc2sc2ccccc12. The predicted octanol–water partition coefficient (Wildman–Crippen LogP) is 7.14. The van der Waals surface area contributed by atoms with Crippen molar-refractivity contribution in [2.75, 3.05) is 14.2 Å². The van der Waals surface area contributed by atoms with Crippen molar-refractivity contribution in [3.05, 3.63) is 124 Å². The lowest BCUT2D eigenvalue weighted by Crippen LogP contribution is -2.09. The summed E-state index contributed by atoms with van der Waals surface area (Å²) in [7, 11) is 2.54. The minimum atomic E-state index is -0.607. The Kier molecular flexibility index (Phi) is 10.4. The topological polar surface area (TPSA) is 117 Å². The first-order valence-corrected chi connectivity index (χ1v) is 14.5. The van der Waals surface area contributed by atoms with Gasteiger partial charge >= 0.3 is 11.9 Å². The van der Waals surface area contributed by atoms with Crippen molar-refractivity contribution in [2.24, 2.45) is 0 Å². The van der Waals surface area contributed by atoms with E-state index in [2.05, 4.69) is 4.74 Å². The summed E-state index contributed by atoms with van der Waals surface area (Å²) in [6.07, 6.45) is -0.156. The molecule has 0 radical (unpaired) electrons.